The Kier molecular flexibility index (Phi) is 4.45. The Morgan fingerprint density at radius 2 is 1.95 bits per heavy atom. The molecule has 0 saturated carbocycles. The standard InChI is InChI=1S/C14H11ClFNOS/c15-11-7-12(16)10(14(17)18)6-13(11)19-8-9-4-2-1-3-5-9/h1-7H,8H2,(H2,17,18). The Bertz CT molecular complexity index is 604. The van der Waals surface area contributed by atoms with Crippen molar-refractivity contribution in [1.82, 2.24) is 0 Å². The number of halogens is 2. The minimum absolute atomic E-state index is 0.139. The van der Waals surface area contributed by atoms with Crippen LogP contribution in [0.1, 0.15) is 15.9 Å². The summed E-state index contributed by atoms with van der Waals surface area (Å²) in [6.07, 6.45) is 0. The van der Waals surface area contributed by atoms with Crippen molar-refractivity contribution in [3.63, 3.8) is 0 Å². The smallest absolute Gasteiger partial charge is 0.251 e. The molecule has 2 nitrogen and oxygen atoms in total. The van der Waals surface area contributed by atoms with Gasteiger partial charge in [0.2, 0.25) is 0 Å². The molecule has 0 heterocycles. The highest BCUT2D eigenvalue weighted by Gasteiger charge is 2.13. The Labute approximate surface area is 119 Å². The Balaban J connectivity index is 2.21. The normalized spacial score (nSPS) is 10.4. The lowest BCUT2D eigenvalue weighted by molar-refractivity contribution is 0.0996. The van der Waals surface area contributed by atoms with Crippen molar-refractivity contribution in [2.45, 2.75) is 10.6 Å². The van der Waals surface area contributed by atoms with Crippen LogP contribution in [0.2, 0.25) is 5.02 Å². The van der Waals surface area contributed by atoms with Crippen LogP contribution < -0.4 is 5.73 Å². The van der Waals surface area contributed by atoms with Gasteiger partial charge in [0.15, 0.2) is 0 Å². The summed E-state index contributed by atoms with van der Waals surface area (Å²) in [5, 5.41) is 0.281. The molecular weight excluding hydrogens is 285 g/mol. The molecule has 0 atom stereocenters. The maximum absolute atomic E-state index is 13.4. The Morgan fingerprint density at radius 1 is 1.26 bits per heavy atom. The van der Waals surface area contributed by atoms with Crippen molar-refractivity contribution >= 4 is 29.3 Å². The topological polar surface area (TPSA) is 43.1 Å². The second-order valence-corrected chi connectivity index (χ2v) is 5.33. The Hall–Kier alpha value is -1.52. The molecule has 0 saturated heterocycles. The molecule has 0 aliphatic carbocycles. The molecule has 0 aliphatic rings. The van der Waals surface area contributed by atoms with Gasteiger partial charge in [-0.15, -0.1) is 11.8 Å². The molecule has 0 bridgehead atoms. The van der Waals surface area contributed by atoms with Crippen molar-refractivity contribution in [2.24, 2.45) is 5.73 Å². The van der Waals surface area contributed by atoms with Gasteiger partial charge in [-0.05, 0) is 17.7 Å². The molecule has 0 unspecified atom stereocenters. The van der Waals surface area contributed by atoms with Gasteiger partial charge < -0.3 is 5.73 Å². The maximum atomic E-state index is 13.4. The number of carbonyl (C=O) groups is 1. The van der Waals surface area contributed by atoms with Gasteiger partial charge in [-0.3, -0.25) is 4.79 Å². The lowest BCUT2D eigenvalue weighted by Crippen LogP contribution is -2.13. The van der Waals surface area contributed by atoms with Crippen molar-refractivity contribution < 1.29 is 9.18 Å². The average molecular weight is 296 g/mol. The van der Waals surface area contributed by atoms with Crippen LogP contribution in [0.4, 0.5) is 4.39 Å². The van der Waals surface area contributed by atoms with E-state index < -0.39 is 11.7 Å². The van der Waals surface area contributed by atoms with E-state index in [0.717, 1.165) is 11.6 Å². The minimum atomic E-state index is -0.796. The van der Waals surface area contributed by atoms with Gasteiger partial charge in [0, 0.05) is 10.6 Å². The zero-order valence-corrected chi connectivity index (χ0v) is 11.5. The molecule has 0 aliphatic heterocycles. The SMILES string of the molecule is NC(=O)c1cc(SCc2ccccc2)c(Cl)cc1F. The Morgan fingerprint density at radius 3 is 2.58 bits per heavy atom. The quantitative estimate of drug-likeness (QED) is 0.870. The highest BCUT2D eigenvalue weighted by Crippen LogP contribution is 2.31. The minimum Gasteiger partial charge on any atom is -0.366 e. The van der Waals surface area contributed by atoms with Gasteiger partial charge in [-0.2, -0.15) is 0 Å². The van der Waals surface area contributed by atoms with Crippen molar-refractivity contribution in [2.75, 3.05) is 0 Å². The maximum Gasteiger partial charge on any atom is 0.251 e. The summed E-state index contributed by atoms with van der Waals surface area (Å²) in [7, 11) is 0. The van der Waals surface area contributed by atoms with Gasteiger partial charge >= 0.3 is 0 Å². The molecule has 0 radical (unpaired) electrons. The number of nitrogens with two attached hydrogens (primary N) is 1. The largest absolute Gasteiger partial charge is 0.366 e. The molecule has 2 rings (SSSR count). The number of amides is 1. The van der Waals surface area contributed by atoms with Gasteiger partial charge in [-0.1, -0.05) is 41.9 Å². The number of hydrogen-bond donors (Lipinski definition) is 1. The molecule has 98 valence electrons. The van der Waals surface area contributed by atoms with E-state index in [1.54, 1.807) is 0 Å². The van der Waals surface area contributed by atoms with Gasteiger partial charge in [0.25, 0.3) is 5.91 Å². The predicted molar refractivity (Wildman–Crippen MR) is 75.9 cm³/mol. The number of carbonyl (C=O) groups excluding carboxylic acids is 1. The molecule has 5 heteroatoms. The summed E-state index contributed by atoms with van der Waals surface area (Å²) in [5.41, 5.74) is 6.09. The highest BCUT2D eigenvalue weighted by atomic mass is 35.5. The monoisotopic (exact) mass is 295 g/mol. The van der Waals surface area contributed by atoms with Crippen LogP contribution in [0.15, 0.2) is 47.4 Å². The van der Waals surface area contributed by atoms with Crippen molar-refractivity contribution in [1.29, 1.82) is 0 Å². The first-order valence-corrected chi connectivity index (χ1v) is 6.90. The summed E-state index contributed by atoms with van der Waals surface area (Å²) in [5.74, 6) is -0.804. The summed E-state index contributed by atoms with van der Waals surface area (Å²) in [6.45, 7) is 0. The first kappa shape index (κ1) is 13.9. The lowest BCUT2D eigenvalue weighted by atomic mass is 10.2. The fraction of sp³-hybridized carbons (Fsp3) is 0.0714. The van der Waals surface area contributed by atoms with Crippen LogP contribution in [0.25, 0.3) is 0 Å². The van der Waals surface area contributed by atoms with Crippen molar-refractivity contribution in [3.8, 4) is 0 Å². The van der Waals surface area contributed by atoms with Crippen LogP contribution in [-0.2, 0) is 5.75 Å². The zero-order valence-electron chi connectivity index (χ0n) is 9.90. The van der Waals surface area contributed by atoms with Crippen LogP contribution >= 0.6 is 23.4 Å². The van der Waals surface area contributed by atoms with E-state index in [-0.39, 0.29) is 10.6 Å². The van der Waals surface area contributed by atoms with E-state index in [9.17, 15) is 9.18 Å². The van der Waals surface area contributed by atoms with E-state index >= 15 is 0 Å². The summed E-state index contributed by atoms with van der Waals surface area (Å²) >= 11 is 7.39. The van der Waals surface area contributed by atoms with Gasteiger partial charge in [0.05, 0.1) is 10.6 Å². The molecule has 0 aromatic heterocycles. The highest BCUT2D eigenvalue weighted by molar-refractivity contribution is 7.98. The van der Waals surface area contributed by atoms with Crippen LogP contribution in [0.5, 0.6) is 0 Å². The lowest BCUT2D eigenvalue weighted by Gasteiger charge is -2.07. The third-order valence-electron chi connectivity index (χ3n) is 2.52. The molecular formula is C14H11ClFNOS. The third-order valence-corrected chi connectivity index (χ3v) is 4.08. The second kappa shape index (κ2) is 6.08. The van der Waals surface area contributed by atoms with Crippen LogP contribution in [-0.4, -0.2) is 5.91 Å². The van der Waals surface area contributed by atoms with Gasteiger partial charge in [0.1, 0.15) is 5.82 Å². The van der Waals surface area contributed by atoms with Crippen LogP contribution in [0.3, 0.4) is 0 Å². The fourth-order valence-electron chi connectivity index (χ4n) is 1.56. The second-order valence-electron chi connectivity index (χ2n) is 3.90. The van der Waals surface area contributed by atoms with E-state index in [1.807, 2.05) is 30.3 Å². The molecule has 19 heavy (non-hydrogen) atoms. The first-order valence-electron chi connectivity index (χ1n) is 5.53. The number of primary amides is 1. The number of rotatable bonds is 4. The van der Waals surface area contributed by atoms with E-state index in [0.29, 0.717) is 10.6 Å². The first-order chi connectivity index (χ1) is 9.08. The number of benzene rings is 2. The summed E-state index contributed by atoms with van der Waals surface area (Å²) in [6, 6.07) is 12.3. The summed E-state index contributed by atoms with van der Waals surface area (Å²) < 4.78 is 13.4. The van der Waals surface area contributed by atoms with Crippen molar-refractivity contribution in [3.05, 3.63) is 64.4 Å². The van der Waals surface area contributed by atoms with E-state index in [2.05, 4.69) is 0 Å². The molecule has 1 amide bonds. The molecule has 2 aromatic carbocycles. The molecule has 0 spiro atoms. The zero-order chi connectivity index (χ0) is 13.8. The van der Waals surface area contributed by atoms with E-state index in [1.165, 1.54) is 17.8 Å². The molecule has 2 aromatic rings. The van der Waals surface area contributed by atoms with E-state index in [4.69, 9.17) is 17.3 Å². The third kappa shape index (κ3) is 3.49. The van der Waals surface area contributed by atoms with Gasteiger partial charge in [-0.25, -0.2) is 4.39 Å². The van der Waals surface area contributed by atoms with Crippen LogP contribution in [0, 0.1) is 5.82 Å². The fourth-order valence-corrected chi connectivity index (χ4v) is 2.79. The predicted octanol–water partition coefficient (Wildman–Crippen LogP) is 3.87. The number of hydrogen-bond acceptors (Lipinski definition) is 2. The summed E-state index contributed by atoms with van der Waals surface area (Å²) in [4.78, 5) is 11.7. The molecule has 0 fully saturated rings. The average Bonchev–Trinajstić information content (AvgIpc) is 2.38. The molecule has 2 N–H and O–H groups in total. The number of thioether (sulfide) groups is 1.